The summed E-state index contributed by atoms with van der Waals surface area (Å²) in [6.07, 6.45) is 3.37. The molecule has 126 valence electrons. The van der Waals surface area contributed by atoms with Gasteiger partial charge in [0.2, 0.25) is 0 Å². The number of anilines is 2. The summed E-state index contributed by atoms with van der Waals surface area (Å²) in [4.78, 5) is 14.4. The van der Waals surface area contributed by atoms with E-state index >= 15 is 0 Å². The van der Waals surface area contributed by atoms with Crippen LogP contribution >= 0.6 is 0 Å². The molecule has 6 heteroatoms. The minimum Gasteiger partial charge on any atom is -0.308 e. The van der Waals surface area contributed by atoms with Crippen LogP contribution in [0.3, 0.4) is 0 Å². The number of aromatic nitrogens is 2. The van der Waals surface area contributed by atoms with Crippen LogP contribution in [0.1, 0.15) is 12.1 Å². The molecular weight excluding hydrogens is 319 g/mol. The number of amides is 2. The summed E-state index contributed by atoms with van der Waals surface area (Å²) >= 11 is 0. The van der Waals surface area contributed by atoms with E-state index in [4.69, 9.17) is 0 Å². The highest BCUT2D eigenvalue weighted by Gasteiger charge is 2.26. The summed E-state index contributed by atoms with van der Waals surface area (Å²) in [5.74, 6) is -0.284. The van der Waals surface area contributed by atoms with E-state index in [0.29, 0.717) is 6.54 Å². The lowest BCUT2D eigenvalue weighted by Crippen LogP contribution is -2.38. The van der Waals surface area contributed by atoms with Crippen molar-refractivity contribution in [2.45, 2.75) is 12.8 Å². The SMILES string of the molecule is O=C(Nc1ccccc1)N1CCCc2c1cnn2-c1ccc(F)cc1. The van der Waals surface area contributed by atoms with E-state index in [1.807, 2.05) is 30.3 Å². The summed E-state index contributed by atoms with van der Waals surface area (Å²) in [6.45, 7) is 0.640. The van der Waals surface area contributed by atoms with Crippen LogP contribution in [-0.2, 0) is 6.42 Å². The standard InChI is InChI=1S/C19H17FN4O/c20-14-8-10-16(11-9-14)24-17-7-4-12-23(18(17)13-21-24)19(25)22-15-5-2-1-3-6-15/h1-3,5-6,8-11,13H,4,7,12H2,(H,22,25). The second-order valence-corrected chi connectivity index (χ2v) is 5.92. The van der Waals surface area contributed by atoms with Gasteiger partial charge in [0.1, 0.15) is 5.82 Å². The third-order valence-electron chi connectivity index (χ3n) is 4.27. The van der Waals surface area contributed by atoms with Crippen LogP contribution in [0.4, 0.5) is 20.6 Å². The molecule has 2 aromatic carbocycles. The Hall–Kier alpha value is -3.15. The van der Waals surface area contributed by atoms with Crippen molar-refractivity contribution in [2.75, 3.05) is 16.8 Å². The third kappa shape index (κ3) is 2.98. The topological polar surface area (TPSA) is 50.2 Å². The number of benzene rings is 2. The molecule has 0 unspecified atom stereocenters. The molecule has 5 nitrogen and oxygen atoms in total. The lowest BCUT2D eigenvalue weighted by Gasteiger charge is -2.27. The van der Waals surface area contributed by atoms with Gasteiger partial charge in [0.25, 0.3) is 0 Å². The van der Waals surface area contributed by atoms with Crippen molar-refractivity contribution >= 4 is 17.4 Å². The molecule has 3 aromatic rings. The number of hydrogen-bond donors (Lipinski definition) is 1. The molecule has 1 aromatic heterocycles. The van der Waals surface area contributed by atoms with Crippen molar-refractivity contribution in [1.29, 1.82) is 0 Å². The molecule has 1 aliphatic heterocycles. The van der Waals surface area contributed by atoms with Crippen LogP contribution < -0.4 is 10.2 Å². The molecule has 0 bridgehead atoms. The highest BCUT2D eigenvalue weighted by Crippen LogP contribution is 2.29. The number of hydrogen-bond acceptors (Lipinski definition) is 2. The molecule has 0 fully saturated rings. The number of fused-ring (bicyclic) bond motifs is 1. The first-order chi connectivity index (χ1) is 12.2. The summed E-state index contributed by atoms with van der Waals surface area (Å²) < 4.78 is 14.9. The second-order valence-electron chi connectivity index (χ2n) is 5.92. The summed E-state index contributed by atoms with van der Waals surface area (Å²) in [7, 11) is 0. The monoisotopic (exact) mass is 336 g/mol. The van der Waals surface area contributed by atoms with Crippen LogP contribution in [0.5, 0.6) is 0 Å². The molecule has 2 amide bonds. The van der Waals surface area contributed by atoms with Crippen molar-refractivity contribution in [2.24, 2.45) is 0 Å². The highest BCUT2D eigenvalue weighted by molar-refractivity contribution is 6.02. The van der Waals surface area contributed by atoms with Crippen molar-refractivity contribution in [3.05, 3.63) is 72.3 Å². The average Bonchev–Trinajstić information content (AvgIpc) is 3.07. The first-order valence-electron chi connectivity index (χ1n) is 8.19. The fourth-order valence-electron chi connectivity index (χ4n) is 3.08. The van der Waals surface area contributed by atoms with E-state index < -0.39 is 0 Å². The van der Waals surface area contributed by atoms with Crippen molar-refractivity contribution in [3.63, 3.8) is 0 Å². The molecule has 0 spiro atoms. The van der Waals surface area contributed by atoms with E-state index in [2.05, 4.69) is 10.4 Å². The quantitative estimate of drug-likeness (QED) is 0.769. The number of para-hydroxylation sites is 1. The molecule has 4 rings (SSSR count). The Morgan fingerprint density at radius 1 is 1.08 bits per heavy atom. The van der Waals surface area contributed by atoms with Crippen LogP contribution in [0.25, 0.3) is 5.69 Å². The Morgan fingerprint density at radius 3 is 2.60 bits per heavy atom. The van der Waals surface area contributed by atoms with Gasteiger partial charge in [-0.2, -0.15) is 5.10 Å². The molecule has 1 aliphatic rings. The van der Waals surface area contributed by atoms with Crippen molar-refractivity contribution < 1.29 is 9.18 Å². The Morgan fingerprint density at radius 2 is 1.84 bits per heavy atom. The average molecular weight is 336 g/mol. The van der Waals surface area contributed by atoms with Gasteiger partial charge in [-0.15, -0.1) is 0 Å². The van der Waals surface area contributed by atoms with E-state index in [-0.39, 0.29) is 11.8 Å². The largest absolute Gasteiger partial charge is 0.326 e. The Kier molecular flexibility index (Phi) is 3.93. The predicted molar refractivity (Wildman–Crippen MR) is 94.6 cm³/mol. The van der Waals surface area contributed by atoms with Gasteiger partial charge in [-0.3, -0.25) is 4.90 Å². The molecule has 0 aliphatic carbocycles. The molecule has 0 saturated carbocycles. The number of halogens is 1. The normalized spacial score (nSPS) is 13.4. The maximum atomic E-state index is 13.2. The second kappa shape index (κ2) is 6.39. The lowest BCUT2D eigenvalue weighted by molar-refractivity contribution is 0.256. The lowest BCUT2D eigenvalue weighted by atomic mass is 10.1. The maximum Gasteiger partial charge on any atom is 0.326 e. The van der Waals surface area contributed by atoms with Gasteiger partial charge in [0.05, 0.1) is 23.3 Å². The number of rotatable bonds is 2. The van der Waals surface area contributed by atoms with E-state index in [1.165, 1.54) is 12.1 Å². The fraction of sp³-hybridized carbons (Fsp3) is 0.158. The Labute approximate surface area is 144 Å². The maximum absolute atomic E-state index is 13.2. The van der Waals surface area contributed by atoms with Crippen LogP contribution in [-0.4, -0.2) is 22.4 Å². The molecule has 0 atom stereocenters. The van der Waals surface area contributed by atoms with Gasteiger partial charge in [0, 0.05) is 12.2 Å². The zero-order chi connectivity index (χ0) is 17.2. The Balaban J connectivity index is 1.62. The van der Waals surface area contributed by atoms with Gasteiger partial charge < -0.3 is 5.32 Å². The van der Waals surface area contributed by atoms with Crippen LogP contribution in [0.2, 0.25) is 0 Å². The number of urea groups is 1. The van der Waals surface area contributed by atoms with E-state index in [9.17, 15) is 9.18 Å². The van der Waals surface area contributed by atoms with Crippen molar-refractivity contribution in [3.8, 4) is 5.69 Å². The zero-order valence-corrected chi connectivity index (χ0v) is 13.5. The predicted octanol–water partition coefficient (Wildman–Crippen LogP) is 4.00. The summed E-state index contributed by atoms with van der Waals surface area (Å²) in [6, 6.07) is 15.4. The third-order valence-corrected chi connectivity index (χ3v) is 4.27. The molecule has 25 heavy (non-hydrogen) atoms. The number of carbonyl (C=O) groups is 1. The first kappa shape index (κ1) is 15.4. The van der Waals surface area contributed by atoms with E-state index in [0.717, 1.165) is 35.6 Å². The number of nitrogens with one attached hydrogen (secondary N) is 1. The number of carbonyl (C=O) groups excluding carboxylic acids is 1. The molecular formula is C19H17FN4O. The smallest absolute Gasteiger partial charge is 0.308 e. The number of nitrogens with zero attached hydrogens (tertiary/aromatic N) is 3. The molecule has 2 heterocycles. The van der Waals surface area contributed by atoms with Gasteiger partial charge in [-0.25, -0.2) is 13.9 Å². The Bertz CT molecular complexity index is 890. The first-order valence-corrected chi connectivity index (χ1v) is 8.19. The van der Waals surface area contributed by atoms with Gasteiger partial charge in [-0.05, 0) is 49.2 Å². The van der Waals surface area contributed by atoms with Gasteiger partial charge >= 0.3 is 6.03 Å². The van der Waals surface area contributed by atoms with Crippen LogP contribution in [0.15, 0.2) is 60.8 Å². The van der Waals surface area contributed by atoms with Crippen LogP contribution in [0, 0.1) is 5.82 Å². The van der Waals surface area contributed by atoms with E-state index in [1.54, 1.807) is 27.9 Å². The summed E-state index contributed by atoms with van der Waals surface area (Å²) in [5, 5.41) is 7.32. The molecule has 0 radical (unpaired) electrons. The molecule has 1 N–H and O–H groups in total. The minimum absolute atomic E-state index is 0.175. The molecule has 0 saturated heterocycles. The van der Waals surface area contributed by atoms with Gasteiger partial charge in [-0.1, -0.05) is 18.2 Å². The fourth-order valence-corrected chi connectivity index (χ4v) is 3.08. The van der Waals surface area contributed by atoms with Crippen molar-refractivity contribution in [1.82, 2.24) is 9.78 Å². The van der Waals surface area contributed by atoms with Gasteiger partial charge in [0.15, 0.2) is 0 Å². The highest BCUT2D eigenvalue weighted by atomic mass is 19.1. The summed E-state index contributed by atoms with van der Waals surface area (Å²) in [5.41, 5.74) is 3.29. The zero-order valence-electron chi connectivity index (χ0n) is 13.5. The minimum atomic E-state index is -0.284.